The second kappa shape index (κ2) is 4.46. The Kier molecular flexibility index (Phi) is 2.64. The zero-order valence-electron chi connectivity index (χ0n) is 10.1. The van der Waals surface area contributed by atoms with E-state index in [1.165, 1.54) is 24.7 Å². The number of primary amides is 1. The zero-order valence-corrected chi connectivity index (χ0v) is 10.1. The van der Waals surface area contributed by atoms with Crippen LogP contribution in [0.3, 0.4) is 0 Å². The summed E-state index contributed by atoms with van der Waals surface area (Å²) in [5, 5.41) is 7.04. The number of aromatic amines is 1. The minimum Gasteiger partial charge on any atom is -0.418 e. The highest BCUT2D eigenvalue weighted by Gasteiger charge is 2.14. The second-order valence-corrected chi connectivity index (χ2v) is 3.86. The van der Waals surface area contributed by atoms with Gasteiger partial charge in [0, 0.05) is 17.8 Å². The van der Waals surface area contributed by atoms with E-state index in [-0.39, 0.29) is 23.1 Å². The van der Waals surface area contributed by atoms with Crippen LogP contribution < -0.4 is 16.2 Å². The van der Waals surface area contributed by atoms with Gasteiger partial charge in [0.2, 0.25) is 11.8 Å². The van der Waals surface area contributed by atoms with Crippen LogP contribution in [0.5, 0.6) is 11.8 Å². The molecule has 9 nitrogen and oxygen atoms in total. The lowest BCUT2D eigenvalue weighted by atomic mass is 10.2. The quantitative estimate of drug-likeness (QED) is 0.617. The molecule has 5 N–H and O–H groups in total. The zero-order chi connectivity index (χ0) is 14.1. The van der Waals surface area contributed by atoms with Crippen LogP contribution >= 0.6 is 0 Å². The average molecular weight is 271 g/mol. The Hall–Kier alpha value is -3.23. The van der Waals surface area contributed by atoms with Gasteiger partial charge in [-0.2, -0.15) is 0 Å². The third-order valence-electron chi connectivity index (χ3n) is 2.57. The normalized spacial score (nSPS) is 10.6. The van der Waals surface area contributed by atoms with Crippen molar-refractivity contribution in [3.05, 3.63) is 30.2 Å². The van der Waals surface area contributed by atoms with E-state index < -0.39 is 5.91 Å². The van der Waals surface area contributed by atoms with Gasteiger partial charge in [0.1, 0.15) is 17.5 Å². The standard InChI is InChI=1S/C11H9N7O2/c12-8-7-10(16-4-15-8)17-18-11(7)20-6-3-5(9(13)19)1-2-14-6/h1-4H,(H2,13,19)(H3,12,15,16,17,18). The summed E-state index contributed by atoms with van der Waals surface area (Å²) >= 11 is 0. The number of nitrogens with two attached hydrogens (primary N) is 2. The van der Waals surface area contributed by atoms with Gasteiger partial charge in [-0.3, -0.25) is 9.89 Å². The number of anilines is 1. The van der Waals surface area contributed by atoms with Crippen LogP contribution in [0.1, 0.15) is 10.4 Å². The summed E-state index contributed by atoms with van der Waals surface area (Å²) < 4.78 is 5.48. The van der Waals surface area contributed by atoms with Crippen LogP contribution in [-0.2, 0) is 0 Å². The molecule has 1 amide bonds. The first-order valence-corrected chi connectivity index (χ1v) is 5.53. The number of amides is 1. The minimum absolute atomic E-state index is 0.165. The van der Waals surface area contributed by atoms with Crippen LogP contribution in [0.25, 0.3) is 11.0 Å². The fraction of sp³-hybridized carbons (Fsp3) is 0. The SMILES string of the molecule is NC(=O)c1ccnc(Oc2n[nH]c3ncnc(N)c23)c1. The van der Waals surface area contributed by atoms with Crippen LogP contribution in [-0.4, -0.2) is 31.1 Å². The summed E-state index contributed by atoms with van der Waals surface area (Å²) in [6, 6.07) is 2.89. The molecule has 0 fully saturated rings. The first-order chi connectivity index (χ1) is 9.65. The Morgan fingerprint density at radius 2 is 2.15 bits per heavy atom. The molecule has 3 rings (SSSR count). The molecule has 0 aliphatic heterocycles. The van der Waals surface area contributed by atoms with E-state index in [2.05, 4.69) is 25.1 Å². The molecular weight excluding hydrogens is 262 g/mol. The first-order valence-electron chi connectivity index (χ1n) is 5.53. The second-order valence-electron chi connectivity index (χ2n) is 3.86. The Labute approximate surface area is 112 Å². The molecule has 0 saturated heterocycles. The fourth-order valence-electron chi connectivity index (χ4n) is 1.65. The van der Waals surface area contributed by atoms with Gasteiger partial charge in [-0.1, -0.05) is 0 Å². The monoisotopic (exact) mass is 271 g/mol. The van der Waals surface area contributed by atoms with Crippen molar-refractivity contribution in [1.29, 1.82) is 0 Å². The van der Waals surface area contributed by atoms with E-state index in [1.807, 2.05) is 0 Å². The van der Waals surface area contributed by atoms with Crippen molar-refractivity contribution in [3.63, 3.8) is 0 Å². The largest absolute Gasteiger partial charge is 0.418 e. The molecular formula is C11H9N7O2. The number of pyridine rings is 1. The maximum absolute atomic E-state index is 11.1. The molecule has 0 unspecified atom stereocenters. The molecule has 0 bridgehead atoms. The molecule has 0 aromatic carbocycles. The molecule has 0 aliphatic carbocycles. The van der Waals surface area contributed by atoms with Crippen molar-refractivity contribution < 1.29 is 9.53 Å². The highest BCUT2D eigenvalue weighted by molar-refractivity contribution is 5.93. The number of nitrogen functional groups attached to an aromatic ring is 1. The highest BCUT2D eigenvalue weighted by atomic mass is 16.5. The van der Waals surface area contributed by atoms with Gasteiger partial charge in [0.25, 0.3) is 5.88 Å². The van der Waals surface area contributed by atoms with Gasteiger partial charge >= 0.3 is 0 Å². The van der Waals surface area contributed by atoms with E-state index >= 15 is 0 Å². The van der Waals surface area contributed by atoms with Crippen molar-refractivity contribution in [1.82, 2.24) is 25.1 Å². The first kappa shape index (κ1) is 11.8. The number of aromatic nitrogens is 5. The summed E-state index contributed by atoms with van der Waals surface area (Å²) in [7, 11) is 0. The Bertz CT molecular complexity index is 798. The van der Waals surface area contributed by atoms with Crippen LogP contribution in [0.15, 0.2) is 24.7 Å². The van der Waals surface area contributed by atoms with Crippen LogP contribution in [0.4, 0.5) is 5.82 Å². The maximum Gasteiger partial charge on any atom is 0.253 e. The topological polar surface area (TPSA) is 146 Å². The lowest BCUT2D eigenvalue weighted by Gasteiger charge is -2.03. The van der Waals surface area contributed by atoms with Crippen LogP contribution in [0.2, 0.25) is 0 Å². The van der Waals surface area contributed by atoms with Gasteiger partial charge in [-0.15, -0.1) is 5.10 Å². The summed E-state index contributed by atoms with van der Waals surface area (Å²) in [4.78, 5) is 22.9. The molecule has 0 spiro atoms. The lowest BCUT2D eigenvalue weighted by molar-refractivity contribution is 0.1000. The van der Waals surface area contributed by atoms with Gasteiger partial charge in [-0.25, -0.2) is 15.0 Å². The molecule has 100 valence electrons. The highest BCUT2D eigenvalue weighted by Crippen LogP contribution is 2.28. The molecule has 0 radical (unpaired) electrons. The van der Waals surface area contributed by atoms with Gasteiger partial charge in [0.05, 0.1) is 0 Å². The number of hydrogen-bond acceptors (Lipinski definition) is 7. The maximum atomic E-state index is 11.1. The number of carbonyl (C=O) groups is 1. The van der Waals surface area contributed by atoms with E-state index in [1.54, 1.807) is 0 Å². The summed E-state index contributed by atoms with van der Waals surface area (Å²) in [5.41, 5.74) is 11.7. The number of hydrogen-bond donors (Lipinski definition) is 3. The fourth-order valence-corrected chi connectivity index (χ4v) is 1.65. The molecule has 9 heteroatoms. The van der Waals surface area contributed by atoms with E-state index in [0.717, 1.165) is 0 Å². The predicted molar refractivity (Wildman–Crippen MR) is 68.9 cm³/mol. The van der Waals surface area contributed by atoms with Crippen molar-refractivity contribution in [3.8, 4) is 11.8 Å². The van der Waals surface area contributed by atoms with Gasteiger partial charge in [-0.05, 0) is 6.07 Å². The van der Waals surface area contributed by atoms with E-state index in [4.69, 9.17) is 16.2 Å². The van der Waals surface area contributed by atoms with Crippen molar-refractivity contribution in [2.45, 2.75) is 0 Å². The number of ether oxygens (including phenoxy) is 1. The van der Waals surface area contributed by atoms with Crippen LogP contribution in [0, 0.1) is 0 Å². The lowest BCUT2D eigenvalue weighted by Crippen LogP contribution is -2.10. The predicted octanol–water partition coefficient (Wildman–Crippen LogP) is 0.221. The van der Waals surface area contributed by atoms with Crippen molar-refractivity contribution in [2.24, 2.45) is 5.73 Å². The number of nitrogens with one attached hydrogen (secondary N) is 1. The molecule has 0 aliphatic rings. The molecule has 0 saturated carbocycles. The van der Waals surface area contributed by atoms with E-state index in [0.29, 0.717) is 11.0 Å². The van der Waals surface area contributed by atoms with Crippen molar-refractivity contribution >= 4 is 22.8 Å². The summed E-state index contributed by atoms with van der Waals surface area (Å²) in [6.07, 6.45) is 2.72. The molecule has 20 heavy (non-hydrogen) atoms. The Balaban J connectivity index is 2.01. The Morgan fingerprint density at radius 1 is 1.30 bits per heavy atom. The van der Waals surface area contributed by atoms with E-state index in [9.17, 15) is 4.79 Å². The minimum atomic E-state index is -0.577. The van der Waals surface area contributed by atoms with Gasteiger partial charge < -0.3 is 16.2 Å². The molecule has 3 aromatic rings. The van der Waals surface area contributed by atoms with Crippen molar-refractivity contribution in [2.75, 3.05) is 5.73 Å². The summed E-state index contributed by atoms with van der Waals surface area (Å²) in [5.74, 6) is -0.0121. The number of H-pyrrole nitrogens is 1. The third-order valence-corrected chi connectivity index (χ3v) is 2.57. The molecule has 3 aromatic heterocycles. The third kappa shape index (κ3) is 1.96. The smallest absolute Gasteiger partial charge is 0.253 e. The average Bonchev–Trinajstić information content (AvgIpc) is 2.84. The molecule has 0 atom stereocenters. The number of nitrogens with zero attached hydrogens (tertiary/aromatic N) is 4. The Morgan fingerprint density at radius 3 is 2.95 bits per heavy atom. The van der Waals surface area contributed by atoms with Gasteiger partial charge in [0.15, 0.2) is 5.65 Å². The number of carbonyl (C=O) groups excluding carboxylic acids is 1. The summed E-state index contributed by atoms with van der Waals surface area (Å²) in [6.45, 7) is 0. The molecule has 3 heterocycles. The number of fused-ring (bicyclic) bond motifs is 1. The number of rotatable bonds is 3.